The Bertz CT molecular complexity index is 494. The van der Waals surface area contributed by atoms with Gasteiger partial charge in [0.15, 0.2) is 0 Å². The van der Waals surface area contributed by atoms with E-state index in [0.29, 0.717) is 6.04 Å². The van der Waals surface area contributed by atoms with E-state index in [9.17, 15) is 10.1 Å². The monoisotopic (exact) mass is 313 g/mol. The highest BCUT2D eigenvalue weighted by Gasteiger charge is 2.19. The lowest BCUT2D eigenvalue weighted by molar-refractivity contribution is -0.385. The Kier molecular flexibility index (Phi) is 6.58. The van der Waals surface area contributed by atoms with Crippen molar-refractivity contribution in [2.45, 2.75) is 39.3 Å². The zero-order valence-electron chi connectivity index (χ0n) is 12.8. The highest BCUT2D eigenvalue weighted by Crippen LogP contribution is 2.27. The molecule has 0 aromatic heterocycles. The number of rotatable bonds is 4. The van der Waals surface area contributed by atoms with Gasteiger partial charge in [0.25, 0.3) is 5.69 Å². The summed E-state index contributed by atoms with van der Waals surface area (Å²) in [6.45, 7) is 9.87. The third-order valence-corrected chi connectivity index (χ3v) is 3.77. The van der Waals surface area contributed by atoms with E-state index >= 15 is 0 Å². The van der Waals surface area contributed by atoms with Crippen molar-refractivity contribution in [3.63, 3.8) is 0 Å². The van der Waals surface area contributed by atoms with Gasteiger partial charge >= 0.3 is 0 Å². The SMILES string of the molecule is CC1CN(Cc2ccc(C(C)C)c([N+](=O)[O-])c2)CCN1.Cl. The summed E-state index contributed by atoms with van der Waals surface area (Å²) in [7, 11) is 0. The second-order valence-corrected chi connectivity index (χ2v) is 5.90. The molecule has 1 N–H and O–H groups in total. The first kappa shape index (κ1) is 17.9. The van der Waals surface area contributed by atoms with E-state index in [4.69, 9.17) is 0 Å². The van der Waals surface area contributed by atoms with Crippen molar-refractivity contribution >= 4 is 18.1 Å². The second kappa shape index (κ2) is 7.73. The number of nitrogens with zero attached hydrogens (tertiary/aromatic N) is 2. The van der Waals surface area contributed by atoms with Gasteiger partial charge in [-0.15, -0.1) is 12.4 Å². The molecule has 1 fully saturated rings. The standard InChI is InChI=1S/C15H23N3O2.ClH/c1-11(2)14-5-4-13(8-15(14)18(19)20)10-17-7-6-16-12(3)9-17;/h4-5,8,11-12,16H,6-7,9-10H2,1-3H3;1H. The van der Waals surface area contributed by atoms with Crippen LogP contribution < -0.4 is 5.32 Å². The molecule has 1 heterocycles. The summed E-state index contributed by atoms with van der Waals surface area (Å²) in [5.74, 6) is 0.170. The summed E-state index contributed by atoms with van der Waals surface area (Å²) in [5, 5.41) is 14.6. The van der Waals surface area contributed by atoms with E-state index in [1.807, 2.05) is 26.0 Å². The molecule has 1 aliphatic heterocycles. The predicted octanol–water partition coefficient (Wildman–Crippen LogP) is 2.93. The van der Waals surface area contributed by atoms with Crippen LogP contribution in [0.25, 0.3) is 0 Å². The second-order valence-electron chi connectivity index (χ2n) is 5.90. The number of hydrogen-bond acceptors (Lipinski definition) is 4. The molecule has 1 aliphatic rings. The molecule has 0 amide bonds. The first-order chi connectivity index (χ1) is 9.47. The van der Waals surface area contributed by atoms with Crippen molar-refractivity contribution in [2.24, 2.45) is 0 Å². The Labute approximate surface area is 132 Å². The van der Waals surface area contributed by atoms with Crippen LogP contribution in [-0.2, 0) is 6.54 Å². The number of halogens is 1. The van der Waals surface area contributed by atoms with Crippen LogP contribution in [0, 0.1) is 10.1 Å². The van der Waals surface area contributed by atoms with Gasteiger partial charge in [0.05, 0.1) is 4.92 Å². The van der Waals surface area contributed by atoms with Crippen LogP contribution in [0.1, 0.15) is 37.8 Å². The van der Waals surface area contributed by atoms with Crippen molar-refractivity contribution in [1.82, 2.24) is 10.2 Å². The van der Waals surface area contributed by atoms with Crippen molar-refractivity contribution < 1.29 is 4.92 Å². The fourth-order valence-corrected chi connectivity index (χ4v) is 2.75. The van der Waals surface area contributed by atoms with Gasteiger partial charge in [0, 0.05) is 43.9 Å². The number of benzene rings is 1. The van der Waals surface area contributed by atoms with Gasteiger partial charge in [-0.2, -0.15) is 0 Å². The molecule has 1 atom stereocenters. The Morgan fingerprint density at radius 2 is 2.19 bits per heavy atom. The third kappa shape index (κ3) is 4.66. The maximum absolute atomic E-state index is 11.2. The van der Waals surface area contributed by atoms with E-state index in [0.717, 1.165) is 37.3 Å². The van der Waals surface area contributed by atoms with Crippen LogP contribution in [0.4, 0.5) is 5.69 Å². The number of piperazine rings is 1. The maximum Gasteiger partial charge on any atom is 0.273 e. The summed E-state index contributed by atoms with van der Waals surface area (Å²) in [6.07, 6.45) is 0. The Balaban J connectivity index is 0.00000220. The lowest BCUT2D eigenvalue weighted by Gasteiger charge is -2.31. The van der Waals surface area contributed by atoms with Gasteiger partial charge in [-0.1, -0.05) is 26.0 Å². The molecule has 0 spiro atoms. The molecule has 0 radical (unpaired) electrons. The zero-order valence-corrected chi connectivity index (χ0v) is 13.7. The molecule has 0 aliphatic carbocycles. The van der Waals surface area contributed by atoms with Crippen LogP contribution >= 0.6 is 12.4 Å². The largest absolute Gasteiger partial charge is 0.312 e. The smallest absolute Gasteiger partial charge is 0.273 e. The molecule has 1 saturated heterocycles. The quantitative estimate of drug-likeness (QED) is 0.686. The van der Waals surface area contributed by atoms with Crippen molar-refractivity contribution in [3.8, 4) is 0 Å². The van der Waals surface area contributed by atoms with Gasteiger partial charge < -0.3 is 5.32 Å². The fourth-order valence-electron chi connectivity index (χ4n) is 2.75. The highest BCUT2D eigenvalue weighted by atomic mass is 35.5. The number of nitro groups is 1. The summed E-state index contributed by atoms with van der Waals surface area (Å²) in [6, 6.07) is 6.15. The normalized spacial score (nSPS) is 19.3. The molecule has 5 nitrogen and oxygen atoms in total. The van der Waals surface area contributed by atoms with Crippen LogP contribution in [0.15, 0.2) is 18.2 Å². The fraction of sp³-hybridized carbons (Fsp3) is 0.600. The van der Waals surface area contributed by atoms with E-state index in [1.165, 1.54) is 0 Å². The minimum absolute atomic E-state index is 0. The molecule has 0 bridgehead atoms. The van der Waals surface area contributed by atoms with Crippen molar-refractivity contribution in [1.29, 1.82) is 0 Å². The minimum Gasteiger partial charge on any atom is -0.312 e. The van der Waals surface area contributed by atoms with E-state index in [1.54, 1.807) is 6.07 Å². The average molecular weight is 314 g/mol. The van der Waals surface area contributed by atoms with Gasteiger partial charge in [0.2, 0.25) is 0 Å². The predicted molar refractivity (Wildman–Crippen MR) is 87.2 cm³/mol. The molecular formula is C15H24ClN3O2. The zero-order chi connectivity index (χ0) is 14.7. The average Bonchev–Trinajstić information content (AvgIpc) is 2.38. The number of nitro benzene ring substituents is 1. The van der Waals surface area contributed by atoms with Gasteiger partial charge in [-0.3, -0.25) is 15.0 Å². The number of hydrogen-bond donors (Lipinski definition) is 1. The molecule has 6 heteroatoms. The molecule has 118 valence electrons. The van der Waals surface area contributed by atoms with E-state index < -0.39 is 0 Å². The Morgan fingerprint density at radius 1 is 1.48 bits per heavy atom. The van der Waals surface area contributed by atoms with Crippen LogP contribution in [0.3, 0.4) is 0 Å². The van der Waals surface area contributed by atoms with Crippen molar-refractivity contribution in [3.05, 3.63) is 39.4 Å². The Hall–Kier alpha value is -1.17. The number of nitrogens with one attached hydrogen (secondary N) is 1. The van der Waals surface area contributed by atoms with Gasteiger partial charge in [0.1, 0.15) is 0 Å². The first-order valence-corrected chi connectivity index (χ1v) is 7.20. The summed E-state index contributed by atoms with van der Waals surface area (Å²) in [5.41, 5.74) is 2.09. The third-order valence-electron chi connectivity index (χ3n) is 3.77. The lowest BCUT2D eigenvalue weighted by atomic mass is 9.99. The van der Waals surface area contributed by atoms with Gasteiger partial charge in [-0.25, -0.2) is 0 Å². The molecule has 1 aromatic rings. The summed E-state index contributed by atoms with van der Waals surface area (Å²) in [4.78, 5) is 13.3. The summed E-state index contributed by atoms with van der Waals surface area (Å²) >= 11 is 0. The van der Waals surface area contributed by atoms with Crippen molar-refractivity contribution in [2.75, 3.05) is 19.6 Å². The van der Waals surface area contributed by atoms with Crippen LogP contribution in [-0.4, -0.2) is 35.5 Å². The van der Waals surface area contributed by atoms with E-state index in [2.05, 4.69) is 17.1 Å². The van der Waals surface area contributed by atoms with Gasteiger partial charge in [-0.05, 0) is 18.4 Å². The molecule has 1 unspecified atom stereocenters. The molecular weight excluding hydrogens is 290 g/mol. The van der Waals surface area contributed by atoms with Crippen LogP contribution in [0.2, 0.25) is 0 Å². The minimum atomic E-state index is -0.265. The molecule has 21 heavy (non-hydrogen) atoms. The highest BCUT2D eigenvalue weighted by molar-refractivity contribution is 5.85. The summed E-state index contributed by atoms with van der Waals surface area (Å²) < 4.78 is 0. The molecule has 2 rings (SSSR count). The van der Waals surface area contributed by atoms with E-state index in [-0.39, 0.29) is 28.9 Å². The molecule has 0 saturated carbocycles. The van der Waals surface area contributed by atoms with Crippen LogP contribution in [0.5, 0.6) is 0 Å². The lowest BCUT2D eigenvalue weighted by Crippen LogP contribution is -2.48. The topological polar surface area (TPSA) is 58.4 Å². The first-order valence-electron chi connectivity index (χ1n) is 7.20. The molecule has 1 aromatic carbocycles. The maximum atomic E-state index is 11.2. The Morgan fingerprint density at radius 3 is 2.76 bits per heavy atom.